The van der Waals surface area contributed by atoms with Gasteiger partial charge < -0.3 is 9.52 Å². The van der Waals surface area contributed by atoms with Crippen molar-refractivity contribution in [2.45, 2.75) is 0 Å². The molecule has 0 radical (unpaired) electrons. The summed E-state index contributed by atoms with van der Waals surface area (Å²) in [4.78, 5) is 27.2. The number of ketones is 1. The van der Waals surface area contributed by atoms with Gasteiger partial charge in [0.1, 0.15) is 16.9 Å². The van der Waals surface area contributed by atoms with Gasteiger partial charge in [-0.15, -0.1) is 11.3 Å². The molecule has 5 rings (SSSR count). The summed E-state index contributed by atoms with van der Waals surface area (Å²) in [5.74, 6) is -0.448. The number of thiophene rings is 1. The summed E-state index contributed by atoms with van der Waals surface area (Å²) in [7, 11) is 0. The average Bonchev–Trinajstić information content (AvgIpc) is 3.28. The minimum absolute atomic E-state index is 0.0965. The third-order valence-corrected chi connectivity index (χ3v) is 5.78. The van der Waals surface area contributed by atoms with Crippen molar-refractivity contribution in [2.24, 2.45) is 0 Å². The van der Waals surface area contributed by atoms with Crippen molar-refractivity contribution >= 4 is 39.1 Å². The lowest BCUT2D eigenvalue weighted by molar-refractivity contribution is 0.103. The van der Waals surface area contributed by atoms with E-state index in [1.165, 1.54) is 17.4 Å². The van der Waals surface area contributed by atoms with E-state index in [0.29, 0.717) is 33.1 Å². The minimum atomic E-state index is -0.352. The first-order valence-corrected chi connectivity index (χ1v) is 9.87. The van der Waals surface area contributed by atoms with Gasteiger partial charge in [0.15, 0.2) is 5.78 Å². The Labute approximate surface area is 169 Å². The van der Waals surface area contributed by atoms with E-state index in [1.807, 2.05) is 23.6 Å². The molecule has 2 aromatic heterocycles. The van der Waals surface area contributed by atoms with E-state index in [1.54, 1.807) is 48.5 Å². The van der Waals surface area contributed by atoms with Crippen LogP contribution in [-0.4, -0.2) is 10.9 Å². The van der Waals surface area contributed by atoms with Crippen molar-refractivity contribution in [1.29, 1.82) is 0 Å². The number of fused-ring (bicyclic) bond motifs is 2. The predicted octanol–water partition coefficient (Wildman–Crippen LogP) is 5.61. The molecule has 5 aromatic rings. The van der Waals surface area contributed by atoms with Crippen LogP contribution in [0.4, 0.5) is 0 Å². The lowest BCUT2D eigenvalue weighted by Crippen LogP contribution is -2.07. The molecule has 1 N–H and O–H groups in total. The molecule has 0 saturated carbocycles. The Balaban J connectivity index is 1.86. The maximum absolute atomic E-state index is 13.2. The number of phenolic OH excluding ortho intramolecular Hbond substituents is 1. The second-order valence-corrected chi connectivity index (χ2v) is 7.60. The van der Waals surface area contributed by atoms with Gasteiger partial charge in [-0.2, -0.15) is 0 Å². The molecule has 0 spiro atoms. The van der Waals surface area contributed by atoms with Crippen molar-refractivity contribution in [3.8, 4) is 16.2 Å². The molecule has 2 heterocycles. The Morgan fingerprint density at radius 2 is 1.69 bits per heavy atom. The van der Waals surface area contributed by atoms with Crippen LogP contribution in [0.15, 0.2) is 87.4 Å². The standard InChI is InChI=1S/C24H14O4S/c25-19-8-3-1-6-15(19)22(26)14-12-17(21-10-5-11-29-21)24-18(13-14)23(27)16-7-2-4-9-20(16)28-24/h1-13,25H. The van der Waals surface area contributed by atoms with E-state index in [0.717, 1.165) is 4.88 Å². The number of rotatable bonds is 3. The van der Waals surface area contributed by atoms with Gasteiger partial charge in [0, 0.05) is 16.0 Å². The highest BCUT2D eigenvalue weighted by atomic mass is 32.1. The highest BCUT2D eigenvalue weighted by molar-refractivity contribution is 7.13. The number of carbonyl (C=O) groups is 1. The van der Waals surface area contributed by atoms with Gasteiger partial charge in [0.2, 0.25) is 5.43 Å². The maximum atomic E-state index is 13.2. The van der Waals surface area contributed by atoms with E-state index in [2.05, 4.69) is 0 Å². The Morgan fingerprint density at radius 3 is 2.48 bits per heavy atom. The summed E-state index contributed by atoms with van der Waals surface area (Å²) in [6.45, 7) is 0. The largest absolute Gasteiger partial charge is 0.507 e. The molecule has 0 unspecified atom stereocenters. The van der Waals surface area contributed by atoms with E-state index in [-0.39, 0.29) is 22.5 Å². The average molecular weight is 398 g/mol. The van der Waals surface area contributed by atoms with Crippen LogP contribution in [0.2, 0.25) is 0 Å². The Hall–Kier alpha value is -3.70. The molecule has 0 atom stereocenters. The zero-order valence-electron chi connectivity index (χ0n) is 15.1. The fraction of sp³-hybridized carbons (Fsp3) is 0. The molecule has 0 aliphatic rings. The topological polar surface area (TPSA) is 67.5 Å². The van der Waals surface area contributed by atoms with Crippen LogP contribution in [-0.2, 0) is 0 Å². The van der Waals surface area contributed by atoms with Crippen LogP contribution in [0.25, 0.3) is 32.4 Å². The zero-order valence-corrected chi connectivity index (χ0v) is 15.9. The normalized spacial score (nSPS) is 11.2. The summed E-state index contributed by atoms with van der Waals surface area (Å²) in [6, 6.07) is 20.6. The van der Waals surface area contributed by atoms with Crippen molar-refractivity contribution in [3.63, 3.8) is 0 Å². The van der Waals surface area contributed by atoms with Crippen LogP contribution in [0, 0.1) is 0 Å². The molecule has 0 amide bonds. The van der Waals surface area contributed by atoms with Crippen LogP contribution in [0.1, 0.15) is 15.9 Å². The van der Waals surface area contributed by atoms with Gasteiger partial charge in [-0.3, -0.25) is 9.59 Å². The Bertz CT molecular complexity index is 1450. The summed E-state index contributed by atoms with van der Waals surface area (Å²) in [5.41, 5.74) is 1.96. The first kappa shape index (κ1) is 17.4. The molecule has 0 fully saturated rings. The highest BCUT2D eigenvalue weighted by Gasteiger charge is 2.20. The number of hydrogen-bond acceptors (Lipinski definition) is 5. The van der Waals surface area contributed by atoms with Gasteiger partial charge in [0.05, 0.1) is 16.3 Å². The number of para-hydroxylation sites is 2. The first-order valence-electron chi connectivity index (χ1n) is 8.99. The fourth-order valence-corrected chi connectivity index (χ4v) is 4.21. The second kappa shape index (κ2) is 6.72. The molecule has 0 aliphatic heterocycles. The van der Waals surface area contributed by atoms with Crippen molar-refractivity contribution in [3.05, 3.63) is 99.5 Å². The molecule has 29 heavy (non-hydrogen) atoms. The van der Waals surface area contributed by atoms with Crippen molar-refractivity contribution in [2.75, 3.05) is 0 Å². The third kappa shape index (κ3) is 2.83. The number of hydrogen-bond donors (Lipinski definition) is 1. The Kier molecular flexibility index (Phi) is 4.03. The maximum Gasteiger partial charge on any atom is 0.200 e. The number of aromatic hydroxyl groups is 1. The molecular weight excluding hydrogens is 384 g/mol. The molecule has 0 bridgehead atoms. The van der Waals surface area contributed by atoms with E-state index >= 15 is 0 Å². The summed E-state index contributed by atoms with van der Waals surface area (Å²) >= 11 is 1.50. The number of benzene rings is 3. The quantitative estimate of drug-likeness (QED) is 0.317. The monoisotopic (exact) mass is 398 g/mol. The summed E-state index contributed by atoms with van der Waals surface area (Å²) in [6.07, 6.45) is 0. The smallest absolute Gasteiger partial charge is 0.200 e. The summed E-state index contributed by atoms with van der Waals surface area (Å²) < 4.78 is 6.09. The fourth-order valence-electron chi connectivity index (χ4n) is 3.47. The van der Waals surface area contributed by atoms with E-state index in [9.17, 15) is 14.7 Å². The van der Waals surface area contributed by atoms with Crippen LogP contribution in [0.3, 0.4) is 0 Å². The van der Waals surface area contributed by atoms with Gasteiger partial charge in [-0.1, -0.05) is 30.3 Å². The van der Waals surface area contributed by atoms with Gasteiger partial charge in [-0.05, 0) is 47.8 Å². The minimum Gasteiger partial charge on any atom is -0.507 e. The zero-order chi connectivity index (χ0) is 20.0. The Morgan fingerprint density at radius 1 is 0.897 bits per heavy atom. The lowest BCUT2D eigenvalue weighted by Gasteiger charge is -2.10. The molecule has 4 nitrogen and oxygen atoms in total. The lowest BCUT2D eigenvalue weighted by atomic mass is 9.97. The third-order valence-electron chi connectivity index (χ3n) is 4.87. The van der Waals surface area contributed by atoms with Crippen LogP contribution in [0.5, 0.6) is 5.75 Å². The molecule has 140 valence electrons. The summed E-state index contributed by atoms with van der Waals surface area (Å²) in [5, 5.41) is 12.8. The molecule has 5 heteroatoms. The predicted molar refractivity (Wildman–Crippen MR) is 115 cm³/mol. The molecular formula is C24H14O4S. The first-order chi connectivity index (χ1) is 14.1. The van der Waals surface area contributed by atoms with E-state index in [4.69, 9.17) is 4.42 Å². The molecule has 0 saturated heterocycles. The number of carbonyl (C=O) groups excluding carboxylic acids is 1. The van der Waals surface area contributed by atoms with Crippen molar-refractivity contribution < 1.29 is 14.3 Å². The van der Waals surface area contributed by atoms with Crippen LogP contribution >= 0.6 is 11.3 Å². The molecule has 3 aromatic carbocycles. The van der Waals surface area contributed by atoms with Gasteiger partial charge in [0.25, 0.3) is 0 Å². The SMILES string of the molecule is O=C(c1cc(-c2cccs2)c2oc3ccccc3c(=O)c2c1)c1ccccc1O. The van der Waals surface area contributed by atoms with Gasteiger partial charge in [-0.25, -0.2) is 0 Å². The van der Waals surface area contributed by atoms with Crippen molar-refractivity contribution in [1.82, 2.24) is 0 Å². The number of phenols is 1. The van der Waals surface area contributed by atoms with E-state index < -0.39 is 0 Å². The second-order valence-electron chi connectivity index (χ2n) is 6.65. The molecule has 0 aliphatic carbocycles. The van der Waals surface area contributed by atoms with Crippen LogP contribution < -0.4 is 5.43 Å². The van der Waals surface area contributed by atoms with Gasteiger partial charge >= 0.3 is 0 Å². The highest BCUT2D eigenvalue weighted by Crippen LogP contribution is 2.34.